The van der Waals surface area contributed by atoms with Gasteiger partial charge >= 0.3 is 35.8 Å². The fourth-order valence-corrected chi connectivity index (χ4v) is 10.1. The monoisotopic (exact) mass is 1640 g/mol. The number of aliphatic hydroxyl groups is 2. The number of methoxy groups -OCH3 is 3. The van der Waals surface area contributed by atoms with Crippen molar-refractivity contribution in [2.45, 2.75) is 138 Å². The van der Waals surface area contributed by atoms with Gasteiger partial charge in [-0.1, -0.05) is 91.5 Å². The number of carbonyl (C=O) groups excluding carboxylic acids is 7. The van der Waals surface area contributed by atoms with Gasteiger partial charge in [0.25, 0.3) is 0 Å². The van der Waals surface area contributed by atoms with E-state index < -0.39 is 78.5 Å². The molecule has 7 amide bonds. The summed E-state index contributed by atoms with van der Waals surface area (Å²) < 4.78 is 30.2. The van der Waals surface area contributed by atoms with Crippen LogP contribution in [0, 0.1) is 0 Å². The highest BCUT2D eigenvalue weighted by atomic mass is 16.5. The first-order chi connectivity index (χ1) is 55.7. The van der Waals surface area contributed by atoms with Gasteiger partial charge in [-0.25, -0.2) is 28.8 Å². The standard InChI is InChI=1S/C13H17NO4.C13H17NO3.3C12H15NO4.2C11H13NO4/c1-3-18-12(13(16)17)8-10-5-4-6-11(7-10)14-9(2)15;1-9(15)13(17-3)8-11-4-6-12(7-5-11)14-10(2)16;1-8(14)13-10-5-3-4-9(6-10)7-11(17-2)12(15)16;1-3-17-11(12(15)16)9-4-6-10(7-5-9)13-8(2)14;1-3-17-11(12(15)16)9-5-4-6-10(7-9)13-8(2)14;1-7(13)12-9-5-3-8(4-6-9)10(16-2)11(14)15;1-7(13)12-9-4-2-3-8(5-9)6-10(14)11(15)16/h4-7,12H,3,8H2,1-2H3,(H,14,15)(H,16,17);4-7,13,15H,1,8H2,2-3H3,(H,14,16);3-6,11H,7H2,1-2H3,(H,13,14)(H,15,16);2*4-7,11H,3H2,1-2H3,(H,13,14)(H,15,16);3-6,10H,1-2H3,(H,12,13)(H,14,15);2-5,10,14H,6H2,1H3,(H,12,13)(H,15,16). The molecule has 34 nitrogen and oxygen atoms in total. The van der Waals surface area contributed by atoms with Crippen LogP contribution in [0.5, 0.6) is 0 Å². The van der Waals surface area contributed by atoms with Crippen LogP contribution in [0.2, 0.25) is 0 Å². The zero-order chi connectivity index (χ0) is 89.1. The molecule has 0 aliphatic rings. The summed E-state index contributed by atoms with van der Waals surface area (Å²) in [5.74, 6) is -7.53. The van der Waals surface area contributed by atoms with E-state index in [-0.39, 0.29) is 66.4 Å². The summed E-state index contributed by atoms with van der Waals surface area (Å²) in [7, 11) is 4.22. The molecule has 7 unspecified atom stereocenters. The van der Waals surface area contributed by atoms with Crippen LogP contribution in [0.1, 0.15) is 126 Å². The lowest BCUT2D eigenvalue weighted by atomic mass is 10.1. The van der Waals surface area contributed by atoms with Gasteiger partial charge in [-0.15, -0.1) is 0 Å². The molecule has 7 aromatic carbocycles. The molecule has 0 saturated carbocycles. The van der Waals surface area contributed by atoms with Gasteiger partial charge in [0.15, 0.2) is 36.6 Å². The summed E-state index contributed by atoms with van der Waals surface area (Å²) in [6.45, 7) is 19.6. The molecule has 0 aliphatic carbocycles. The Morgan fingerprint density at radius 2 is 0.585 bits per heavy atom. The lowest BCUT2D eigenvalue weighted by Gasteiger charge is -2.14. The summed E-state index contributed by atoms with van der Waals surface area (Å²) in [6, 6.07) is 47.8. The maximum absolute atomic E-state index is 11.0. The minimum atomic E-state index is -1.42. The predicted molar refractivity (Wildman–Crippen MR) is 439 cm³/mol. The molecule has 0 heterocycles. The highest BCUT2D eigenvalue weighted by molar-refractivity contribution is 5.92. The zero-order valence-corrected chi connectivity index (χ0v) is 67.7. The molecule has 0 bridgehead atoms. The molecule has 7 rings (SSSR count). The van der Waals surface area contributed by atoms with Gasteiger partial charge in [0.1, 0.15) is 11.9 Å². The number of hydrogen-bond donors (Lipinski definition) is 15. The van der Waals surface area contributed by atoms with E-state index in [2.05, 4.69) is 43.8 Å². The number of carbonyl (C=O) groups is 13. The molecule has 0 spiro atoms. The van der Waals surface area contributed by atoms with Crippen LogP contribution in [0.15, 0.2) is 182 Å². The number of nitrogens with one attached hydrogen (secondary N) is 7. The van der Waals surface area contributed by atoms with E-state index in [1.807, 2.05) is 24.3 Å². The minimum Gasteiger partial charge on any atom is -0.510 e. The Morgan fingerprint density at radius 1 is 0.297 bits per heavy atom. The molecule has 0 aliphatic heterocycles. The number of carboxylic acids is 6. The minimum absolute atomic E-state index is 0.0124. The summed E-state index contributed by atoms with van der Waals surface area (Å²) >= 11 is 0. The Bertz CT molecular complexity index is 4410. The van der Waals surface area contributed by atoms with E-state index in [0.717, 1.165) is 22.4 Å². The first kappa shape index (κ1) is 103. The van der Waals surface area contributed by atoms with Crippen LogP contribution in [0.3, 0.4) is 0 Å². The maximum Gasteiger partial charge on any atom is 0.337 e. The number of anilines is 7. The van der Waals surface area contributed by atoms with E-state index in [1.165, 1.54) is 69.8 Å². The third kappa shape index (κ3) is 44.0. The molecule has 0 fully saturated rings. The third-order valence-electron chi connectivity index (χ3n) is 15.0. The van der Waals surface area contributed by atoms with Crippen LogP contribution in [0.4, 0.5) is 39.8 Å². The smallest absolute Gasteiger partial charge is 0.337 e. The Kier molecular flexibility index (Phi) is 49.0. The molecule has 34 heteroatoms. The molecule has 7 atom stereocenters. The van der Waals surface area contributed by atoms with Crippen molar-refractivity contribution < 1.29 is 132 Å². The molecule has 0 aromatic heterocycles. The SMILES string of the molecule is C=C(O)C(Cc1ccc(NC(C)=O)cc1)OC.CC(=O)Nc1cccc(CC(O)C(=O)O)c1.CCOC(C(=O)O)c1ccc(NC(C)=O)cc1.CCOC(C(=O)O)c1cccc(NC(C)=O)c1.CCOC(Cc1cccc(NC(C)=O)c1)C(=O)O.COC(C(=O)O)c1ccc(NC(C)=O)cc1.COC(Cc1cccc(NC(C)=O)c1)C(=O)O. The lowest BCUT2D eigenvalue weighted by Crippen LogP contribution is -2.26. The maximum atomic E-state index is 11.0. The Morgan fingerprint density at radius 3 is 0.881 bits per heavy atom. The average molecular weight is 1640 g/mol. The molecule has 0 saturated heterocycles. The van der Waals surface area contributed by atoms with Crippen molar-refractivity contribution in [2.24, 2.45) is 0 Å². The van der Waals surface area contributed by atoms with Crippen LogP contribution >= 0.6 is 0 Å². The molecule has 638 valence electrons. The van der Waals surface area contributed by atoms with Crippen molar-refractivity contribution in [1.82, 2.24) is 0 Å². The Hall–Kier alpha value is -13.1. The third-order valence-corrected chi connectivity index (χ3v) is 15.0. The fourth-order valence-electron chi connectivity index (χ4n) is 10.1. The number of hydrogen-bond acceptors (Lipinski definition) is 21. The van der Waals surface area contributed by atoms with Gasteiger partial charge in [-0.05, 0) is 145 Å². The highest BCUT2D eigenvalue weighted by Gasteiger charge is 2.24. The van der Waals surface area contributed by atoms with Crippen molar-refractivity contribution >= 4 is 117 Å². The first-order valence-electron chi connectivity index (χ1n) is 36.1. The van der Waals surface area contributed by atoms with Crippen molar-refractivity contribution in [2.75, 3.05) is 78.4 Å². The van der Waals surface area contributed by atoms with Crippen LogP contribution in [0.25, 0.3) is 0 Å². The van der Waals surface area contributed by atoms with Crippen molar-refractivity contribution in [3.05, 3.63) is 221 Å². The number of ether oxygens (including phenoxy) is 6. The van der Waals surface area contributed by atoms with Crippen molar-refractivity contribution in [3.8, 4) is 0 Å². The van der Waals surface area contributed by atoms with Crippen LogP contribution in [-0.4, -0.2) is 184 Å². The van der Waals surface area contributed by atoms with E-state index in [4.69, 9.17) is 64.2 Å². The van der Waals surface area contributed by atoms with Gasteiger partial charge in [-0.3, -0.25) is 33.6 Å². The van der Waals surface area contributed by atoms with Crippen molar-refractivity contribution in [3.63, 3.8) is 0 Å². The summed E-state index contributed by atoms with van der Waals surface area (Å²) in [6.07, 6.45) is -5.41. The quantitative estimate of drug-likeness (QED) is 0.0167. The number of carboxylic acid groups (broad SMARTS) is 6. The van der Waals surface area contributed by atoms with E-state index in [9.17, 15) is 67.4 Å². The molecule has 15 N–H and O–H groups in total. The molecular formula is C84H105N7O27. The number of amides is 7. The molecule has 7 aromatic rings. The van der Waals surface area contributed by atoms with E-state index >= 15 is 0 Å². The van der Waals surface area contributed by atoms with E-state index in [0.29, 0.717) is 82.6 Å². The largest absolute Gasteiger partial charge is 0.510 e. The summed E-state index contributed by atoms with van der Waals surface area (Å²) in [5.41, 5.74) is 9.29. The number of rotatable bonds is 34. The fraction of sp³-hybridized carbons (Fsp3) is 0.321. The van der Waals surface area contributed by atoms with E-state index in [1.54, 1.807) is 166 Å². The molecular weight excluding hydrogens is 1540 g/mol. The average Bonchev–Trinajstić information content (AvgIpc) is 0.866. The normalized spacial score (nSPS) is 11.9. The summed E-state index contributed by atoms with van der Waals surface area (Å²) in [4.78, 5) is 141. The highest BCUT2D eigenvalue weighted by Crippen LogP contribution is 2.25. The second kappa shape index (κ2) is 56.2. The Balaban J connectivity index is 0.000000689. The molecule has 0 radical (unpaired) electrons. The molecule has 118 heavy (non-hydrogen) atoms. The van der Waals surface area contributed by atoms with Gasteiger partial charge < -0.3 is 106 Å². The van der Waals surface area contributed by atoms with Gasteiger partial charge in [0, 0.05) is 155 Å². The van der Waals surface area contributed by atoms with Crippen molar-refractivity contribution in [1.29, 1.82) is 0 Å². The van der Waals surface area contributed by atoms with Gasteiger partial charge in [0.2, 0.25) is 41.4 Å². The topological polar surface area (TPSA) is 523 Å². The number of aliphatic hydroxyl groups excluding tert-OH is 2. The summed E-state index contributed by atoms with van der Waals surface area (Å²) in [5, 5.41) is 90.0. The lowest BCUT2D eigenvalue weighted by molar-refractivity contribution is -0.151. The second-order valence-corrected chi connectivity index (χ2v) is 25.0. The number of benzene rings is 7. The Labute approximate surface area is 682 Å². The zero-order valence-electron chi connectivity index (χ0n) is 67.7. The second-order valence-electron chi connectivity index (χ2n) is 25.0. The van der Waals surface area contributed by atoms with Gasteiger partial charge in [-0.2, -0.15) is 0 Å². The van der Waals surface area contributed by atoms with Crippen LogP contribution < -0.4 is 37.2 Å². The van der Waals surface area contributed by atoms with Gasteiger partial charge in [0.05, 0.1) is 0 Å². The predicted octanol–water partition coefficient (Wildman–Crippen LogP) is 10.9. The number of aliphatic carboxylic acids is 6. The first-order valence-corrected chi connectivity index (χ1v) is 36.1. The van der Waals surface area contributed by atoms with Crippen LogP contribution in [-0.2, 0) is 116 Å².